The van der Waals surface area contributed by atoms with Crippen LogP contribution in [0.25, 0.3) is 10.9 Å². The van der Waals surface area contributed by atoms with Crippen LogP contribution in [0.2, 0.25) is 10.2 Å². The number of nitrogens with zero attached hydrogens (tertiary/aromatic N) is 3. The molecular weight excluding hydrogens is 561 g/mol. The molecule has 3 N–H and O–H groups in total. The van der Waals surface area contributed by atoms with Crippen molar-refractivity contribution >= 4 is 61.5 Å². The van der Waals surface area contributed by atoms with E-state index in [2.05, 4.69) is 32.4 Å². The van der Waals surface area contributed by atoms with Crippen molar-refractivity contribution in [2.45, 2.75) is 32.6 Å². The average molecular weight is 583 g/mol. The van der Waals surface area contributed by atoms with E-state index in [1.165, 1.54) is 0 Å². The molecule has 0 saturated heterocycles. The number of ketones is 1. The minimum absolute atomic E-state index is 0.0450. The van der Waals surface area contributed by atoms with Crippen LogP contribution in [0.5, 0.6) is 0 Å². The number of aromatic nitrogens is 1. The zero-order valence-electron chi connectivity index (χ0n) is 19.6. The van der Waals surface area contributed by atoms with Gasteiger partial charge in [0.05, 0.1) is 34.5 Å². The molecule has 182 valence electrons. The fourth-order valence-corrected chi connectivity index (χ4v) is 5.64. The topological polar surface area (TPSA) is 95.0 Å². The van der Waals surface area contributed by atoms with Crippen molar-refractivity contribution in [2.24, 2.45) is 11.1 Å². The summed E-state index contributed by atoms with van der Waals surface area (Å²) in [5, 5.41) is 13.5. The van der Waals surface area contributed by atoms with Gasteiger partial charge in [-0.3, -0.25) is 10.2 Å². The number of Topliss-reactive ketones (excluding diaryl/α,β-unsaturated/α-hetero) is 1. The van der Waals surface area contributed by atoms with Crippen LogP contribution in [0.15, 0.2) is 75.7 Å². The predicted molar refractivity (Wildman–Crippen MR) is 146 cm³/mol. The van der Waals surface area contributed by atoms with Crippen LogP contribution in [-0.4, -0.2) is 15.8 Å². The summed E-state index contributed by atoms with van der Waals surface area (Å²) in [5.41, 5.74) is 13.1. The van der Waals surface area contributed by atoms with E-state index < -0.39 is 5.92 Å². The van der Waals surface area contributed by atoms with Crippen molar-refractivity contribution in [2.75, 3.05) is 5.43 Å². The van der Waals surface area contributed by atoms with Crippen LogP contribution in [0, 0.1) is 16.7 Å². The normalized spacial score (nSPS) is 19.4. The van der Waals surface area contributed by atoms with Crippen molar-refractivity contribution in [1.29, 1.82) is 5.26 Å². The zero-order valence-corrected chi connectivity index (χ0v) is 22.7. The number of nitrogens with two attached hydrogens (primary N) is 1. The van der Waals surface area contributed by atoms with Crippen LogP contribution in [0.4, 0.5) is 5.69 Å². The molecule has 3 aromatic rings. The van der Waals surface area contributed by atoms with E-state index in [9.17, 15) is 10.1 Å². The van der Waals surface area contributed by atoms with E-state index in [4.69, 9.17) is 28.9 Å². The molecule has 1 aliphatic carbocycles. The van der Waals surface area contributed by atoms with Crippen molar-refractivity contribution in [3.05, 3.63) is 91.4 Å². The van der Waals surface area contributed by atoms with Crippen molar-refractivity contribution in [3.63, 3.8) is 0 Å². The van der Waals surface area contributed by atoms with E-state index in [0.717, 1.165) is 21.2 Å². The van der Waals surface area contributed by atoms with E-state index in [0.29, 0.717) is 34.5 Å². The molecule has 2 aromatic carbocycles. The number of hydrogen-bond donors (Lipinski definition) is 2. The molecule has 2 aliphatic rings. The summed E-state index contributed by atoms with van der Waals surface area (Å²) in [6.45, 7) is 4.10. The first-order valence-electron chi connectivity index (χ1n) is 11.3. The first-order chi connectivity index (χ1) is 17.1. The highest BCUT2D eigenvalue weighted by atomic mass is 79.9. The first kappa shape index (κ1) is 24.6. The summed E-state index contributed by atoms with van der Waals surface area (Å²) in [4.78, 5) is 18.2. The van der Waals surface area contributed by atoms with Crippen LogP contribution >= 0.6 is 39.1 Å². The van der Waals surface area contributed by atoms with Crippen molar-refractivity contribution in [3.8, 4) is 6.07 Å². The Hall–Kier alpha value is -3.05. The van der Waals surface area contributed by atoms with E-state index in [1.807, 2.05) is 44.2 Å². The minimum atomic E-state index is -0.736. The number of carbonyl (C=O) groups is 1. The SMILES string of the molecule is CC1(C)CC(=O)C2=C(C1)N(Nc1ccc(Br)cc1)C(N)=C(C#N)C2c1cc2cc(Cl)ccc2nc1Cl. The Labute approximate surface area is 227 Å². The second kappa shape index (κ2) is 9.11. The van der Waals surface area contributed by atoms with Gasteiger partial charge in [0.25, 0.3) is 0 Å². The Bertz CT molecular complexity index is 1520. The molecule has 9 heteroatoms. The van der Waals surface area contributed by atoms with Gasteiger partial charge in [0.1, 0.15) is 11.0 Å². The molecule has 0 bridgehead atoms. The maximum Gasteiger partial charge on any atom is 0.162 e. The van der Waals surface area contributed by atoms with Crippen molar-refractivity contribution in [1.82, 2.24) is 9.99 Å². The number of hydrazine groups is 1. The molecule has 1 aromatic heterocycles. The summed E-state index contributed by atoms with van der Waals surface area (Å²) in [7, 11) is 0. The predicted octanol–water partition coefficient (Wildman–Crippen LogP) is 7.07. The molecule has 6 nitrogen and oxygen atoms in total. The molecule has 0 radical (unpaired) electrons. The minimum Gasteiger partial charge on any atom is -0.383 e. The lowest BCUT2D eigenvalue weighted by molar-refractivity contribution is -0.118. The molecule has 5 rings (SSSR count). The summed E-state index contributed by atoms with van der Waals surface area (Å²) < 4.78 is 0.931. The second-order valence-corrected chi connectivity index (χ2v) is 11.5. The van der Waals surface area contributed by atoms with Gasteiger partial charge < -0.3 is 5.73 Å². The van der Waals surface area contributed by atoms with Crippen LogP contribution < -0.4 is 11.2 Å². The Kier molecular flexibility index (Phi) is 6.24. The van der Waals surface area contributed by atoms with Gasteiger partial charge in [-0.25, -0.2) is 9.99 Å². The second-order valence-electron chi connectivity index (χ2n) is 9.80. The number of fused-ring (bicyclic) bond motifs is 1. The Morgan fingerprint density at radius 3 is 2.58 bits per heavy atom. The maximum atomic E-state index is 13.7. The van der Waals surface area contributed by atoms with Crippen LogP contribution in [0.3, 0.4) is 0 Å². The van der Waals surface area contributed by atoms with Crippen molar-refractivity contribution < 1.29 is 4.79 Å². The van der Waals surface area contributed by atoms with Gasteiger partial charge in [-0.1, -0.05) is 53.0 Å². The Morgan fingerprint density at radius 2 is 1.89 bits per heavy atom. The van der Waals surface area contributed by atoms with Gasteiger partial charge in [0, 0.05) is 32.4 Å². The number of allylic oxidation sites excluding steroid dienone is 3. The fourth-order valence-electron chi connectivity index (χ4n) is 4.94. The van der Waals surface area contributed by atoms with Gasteiger partial charge >= 0.3 is 0 Å². The third-order valence-electron chi connectivity index (χ3n) is 6.53. The Balaban J connectivity index is 1.73. The maximum absolute atomic E-state index is 13.7. The van der Waals surface area contributed by atoms with Gasteiger partial charge in [-0.15, -0.1) is 0 Å². The van der Waals surface area contributed by atoms with E-state index in [1.54, 1.807) is 23.2 Å². The number of hydrogen-bond acceptors (Lipinski definition) is 6. The number of benzene rings is 2. The molecule has 1 unspecified atom stereocenters. The quantitative estimate of drug-likeness (QED) is 0.321. The number of anilines is 1. The standard InChI is InChI=1S/C27H22BrCl2N5O/c1-27(2)11-21-24(22(36)12-27)23(18-10-14-9-16(29)5-8-20(14)33-25(18)30)19(13-31)26(32)35(21)34-17-6-3-15(28)4-7-17/h3-10,23,34H,11-12,32H2,1-2H3. The van der Waals surface area contributed by atoms with E-state index >= 15 is 0 Å². The number of nitrogens with one attached hydrogen (secondary N) is 1. The summed E-state index contributed by atoms with van der Waals surface area (Å²) >= 11 is 16.3. The van der Waals surface area contributed by atoms with Gasteiger partial charge in [0.2, 0.25) is 0 Å². The summed E-state index contributed by atoms with van der Waals surface area (Å²) in [5.74, 6) is -0.562. The molecule has 0 spiro atoms. The first-order valence-corrected chi connectivity index (χ1v) is 12.9. The molecule has 2 heterocycles. The number of halogens is 3. The van der Waals surface area contributed by atoms with Crippen LogP contribution in [-0.2, 0) is 4.79 Å². The number of nitriles is 1. The monoisotopic (exact) mass is 581 g/mol. The van der Waals surface area contributed by atoms with Gasteiger partial charge in [0.15, 0.2) is 5.78 Å². The lowest BCUT2D eigenvalue weighted by Crippen LogP contribution is -2.44. The molecular formula is C27H22BrCl2N5O. The molecule has 1 aliphatic heterocycles. The molecule has 0 amide bonds. The third kappa shape index (κ3) is 4.34. The molecule has 36 heavy (non-hydrogen) atoms. The Morgan fingerprint density at radius 1 is 1.17 bits per heavy atom. The number of rotatable bonds is 3. The number of pyridine rings is 1. The molecule has 0 fully saturated rings. The summed E-state index contributed by atoms with van der Waals surface area (Å²) in [6, 6.07) is 17.0. The van der Waals surface area contributed by atoms with E-state index in [-0.39, 0.29) is 27.7 Å². The highest BCUT2D eigenvalue weighted by molar-refractivity contribution is 9.10. The molecule has 1 atom stereocenters. The average Bonchev–Trinajstić information content (AvgIpc) is 2.81. The zero-order chi connectivity index (χ0) is 25.8. The molecule has 0 saturated carbocycles. The fraction of sp³-hybridized carbons (Fsp3) is 0.222. The highest BCUT2D eigenvalue weighted by Crippen LogP contribution is 2.50. The smallest absolute Gasteiger partial charge is 0.162 e. The lowest BCUT2D eigenvalue weighted by Gasteiger charge is -2.43. The largest absolute Gasteiger partial charge is 0.383 e. The van der Waals surface area contributed by atoms with Gasteiger partial charge in [-0.2, -0.15) is 5.26 Å². The van der Waals surface area contributed by atoms with Gasteiger partial charge in [-0.05, 0) is 60.4 Å². The summed E-state index contributed by atoms with van der Waals surface area (Å²) in [6.07, 6.45) is 0.926. The highest BCUT2D eigenvalue weighted by Gasteiger charge is 2.45. The third-order valence-corrected chi connectivity index (χ3v) is 7.60. The van der Waals surface area contributed by atoms with Crippen LogP contribution in [0.1, 0.15) is 38.2 Å². The lowest BCUT2D eigenvalue weighted by atomic mass is 9.69. The number of carbonyl (C=O) groups excluding carboxylic acids is 1.